The summed E-state index contributed by atoms with van der Waals surface area (Å²) in [7, 11) is -1.50. The predicted octanol–water partition coefficient (Wildman–Crippen LogP) is 6.83. The Morgan fingerprint density at radius 2 is 1.54 bits per heavy atom. The second-order valence-corrected chi connectivity index (χ2v) is 29.4. The fourth-order valence-corrected chi connectivity index (χ4v) is 20.8. The standard InChI is InChI=1S/C9H13.C5H13OSi.C4H10N.CH3.CH2.2ClH.Zr/c1-6-5-7(2)9(4)8(6)3;1-5-6-7(2,3)4;1-4(2,3)5;;;;;/h6H,1-4H3;1,5H2,2-4H3;5H,1-3H3;1H3;1H2;2*1H;/q;;-1;;;;;+1. The van der Waals surface area contributed by atoms with E-state index in [1.807, 2.05) is 0 Å². The average Bonchev–Trinajstić information content (AvgIpc) is 2.49. The van der Waals surface area contributed by atoms with Gasteiger partial charge in [-0.1, -0.05) is 0 Å². The molecule has 6 heteroatoms. The first-order chi connectivity index (χ1) is 10.5. The molecule has 1 aliphatic rings. The first kappa shape index (κ1) is 29.2. The van der Waals surface area contributed by atoms with Crippen LogP contribution in [0.3, 0.4) is 0 Å². The maximum absolute atomic E-state index is 6.26. The van der Waals surface area contributed by atoms with Crippen molar-refractivity contribution in [3.63, 3.8) is 0 Å². The molecule has 0 aromatic rings. The van der Waals surface area contributed by atoms with Crippen molar-refractivity contribution in [3.05, 3.63) is 20.0 Å². The second-order valence-electron chi connectivity index (χ2n) is 10.4. The predicted molar refractivity (Wildman–Crippen MR) is 125 cm³/mol. The Balaban J connectivity index is 0. The zero-order chi connectivity index (χ0) is 19.2. The molecule has 26 heavy (non-hydrogen) atoms. The molecule has 0 fully saturated rings. The quantitative estimate of drug-likeness (QED) is 0.401. The monoisotopic (exact) mass is 501 g/mol. The van der Waals surface area contributed by atoms with Gasteiger partial charge >= 0.3 is 154 Å². The van der Waals surface area contributed by atoms with Gasteiger partial charge in [0.1, 0.15) is 0 Å². The minimum absolute atomic E-state index is 0. The van der Waals surface area contributed by atoms with Crippen molar-refractivity contribution < 1.29 is 23.0 Å². The Bertz CT molecular complexity index is 641. The van der Waals surface area contributed by atoms with E-state index < -0.39 is 26.9 Å². The Labute approximate surface area is 177 Å². The van der Waals surface area contributed by atoms with Crippen LogP contribution in [0.5, 0.6) is 0 Å². The number of allylic oxidation sites excluding steroid dienone is 4. The molecule has 1 atom stereocenters. The molecule has 0 aliphatic heterocycles. The van der Waals surface area contributed by atoms with Crippen LogP contribution in [-0.2, 0) is 23.0 Å². The summed E-state index contributed by atoms with van der Waals surface area (Å²) in [5.74, 6) is 0.514. The molecule has 2 nitrogen and oxygen atoms in total. The second kappa shape index (κ2) is 9.18. The van der Waals surface area contributed by atoms with Crippen molar-refractivity contribution in [3.8, 4) is 0 Å². The summed E-state index contributed by atoms with van der Waals surface area (Å²) in [6.07, 6.45) is 0. The zero-order valence-corrected chi connectivity index (χ0v) is 24.0. The molecule has 0 spiro atoms. The number of rotatable bonds is 6. The number of hydrogen-bond acceptors (Lipinski definition) is 2. The summed E-state index contributed by atoms with van der Waals surface area (Å²) in [5, 5.41) is 0. The molecule has 1 N–H and O–H groups in total. The van der Waals surface area contributed by atoms with E-state index >= 15 is 0 Å². The van der Waals surface area contributed by atoms with Gasteiger partial charge < -0.3 is 0 Å². The normalized spacial score (nSPS) is 19.5. The third-order valence-electron chi connectivity index (χ3n) is 5.48. The van der Waals surface area contributed by atoms with Gasteiger partial charge in [-0.25, -0.2) is 0 Å². The van der Waals surface area contributed by atoms with Crippen molar-refractivity contribution in [1.82, 2.24) is 3.26 Å². The summed E-state index contributed by atoms with van der Waals surface area (Å²) < 4.78 is 20.6. The van der Waals surface area contributed by atoms with Crippen LogP contribution >= 0.6 is 24.8 Å². The molecule has 1 rings (SSSR count). The van der Waals surface area contributed by atoms with Crippen LogP contribution in [0.25, 0.3) is 0 Å². The van der Waals surface area contributed by atoms with Crippen molar-refractivity contribution in [2.75, 3.05) is 6.61 Å². The van der Waals surface area contributed by atoms with E-state index in [1.54, 1.807) is 3.28 Å². The Morgan fingerprint density at radius 3 is 1.85 bits per heavy atom. The van der Waals surface area contributed by atoms with E-state index in [9.17, 15) is 0 Å². The maximum atomic E-state index is 6.26. The van der Waals surface area contributed by atoms with Crippen LogP contribution in [0.2, 0.25) is 28.4 Å². The Kier molecular flexibility index (Phi) is 10.3. The van der Waals surface area contributed by atoms with E-state index in [0.717, 1.165) is 10.7 Å². The first-order valence-corrected chi connectivity index (χ1v) is 21.2. The van der Waals surface area contributed by atoms with E-state index in [0.29, 0.717) is 5.92 Å². The topological polar surface area (TPSA) is 21.3 Å². The average molecular weight is 504 g/mol. The van der Waals surface area contributed by atoms with Gasteiger partial charge in [-0.05, 0) is 0 Å². The molecule has 0 saturated carbocycles. The molecule has 1 aliphatic carbocycles. The van der Waals surface area contributed by atoms with E-state index in [2.05, 4.69) is 76.0 Å². The van der Waals surface area contributed by atoms with Gasteiger partial charge in [0.2, 0.25) is 0 Å². The third-order valence-corrected chi connectivity index (χ3v) is 19.9. The minimum atomic E-state index is -3.60. The molecule has 0 heterocycles. The van der Waals surface area contributed by atoms with E-state index in [4.69, 9.17) is 8.64 Å². The summed E-state index contributed by atoms with van der Waals surface area (Å²) in [5.41, 5.74) is 4.56. The molecule has 0 bridgehead atoms. The Morgan fingerprint density at radius 1 is 1.08 bits per heavy atom. The van der Waals surface area contributed by atoms with Gasteiger partial charge in [-0.2, -0.15) is 0 Å². The van der Waals surface area contributed by atoms with Gasteiger partial charge in [-0.15, -0.1) is 24.8 Å². The SMILES string of the molecule is Cl.Cl.[CH2]=[Zr]([CH3])([CH2]CO[Si](C)(C)C)([NH]C(C)(C)C)[C]1=C(C)C(C)=C(C)C1C. The van der Waals surface area contributed by atoms with Crippen molar-refractivity contribution in [2.24, 2.45) is 5.92 Å². The van der Waals surface area contributed by atoms with E-state index in [1.165, 1.54) is 16.7 Å². The molecule has 0 radical (unpaired) electrons. The number of hydrogen-bond donors (Lipinski definition) is 1. The summed E-state index contributed by atoms with van der Waals surface area (Å²) in [4.78, 5) is 0. The van der Waals surface area contributed by atoms with E-state index in [-0.39, 0.29) is 30.4 Å². The molecular weight excluding hydrogens is 460 g/mol. The fraction of sp³-hybridized carbons (Fsp3) is 0.750. The summed E-state index contributed by atoms with van der Waals surface area (Å²) in [6, 6.07) is 0. The molecule has 156 valence electrons. The molecule has 0 aromatic carbocycles. The third kappa shape index (κ3) is 7.08. The van der Waals surface area contributed by atoms with Crippen LogP contribution in [0.1, 0.15) is 48.5 Å². The van der Waals surface area contributed by atoms with Gasteiger partial charge in [0.15, 0.2) is 0 Å². The Hall–Kier alpha value is 0.950. The van der Waals surface area contributed by atoms with Crippen molar-refractivity contribution >= 4 is 37.3 Å². The van der Waals surface area contributed by atoms with Gasteiger partial charge in [0.25, 0.3) is 0 Å². The molecule has 0 aromatic heterocycles. The fourth-order valence-electron chi connectivity index (χ4n) is 4.53. The van der Waals surface area contributed by atoms with Gasteiger partial charge in [-0.3, -0.25) is 0 Å². The number of halogens is 2. The van der Waals surface area contributed by atoms with Crippen LogP contribution in [-0.4, -0.2) is 24.7 Å². The summed E-state index contributed by atoms with van der Waals surface area (Å²) >= 11 is -3.60. The van der Waals surface area contributed by atoms with Crippen LogP contribution in [0, 0.1) is 5.92 Å². The van der Waals surface area contributed by atoms with Gasteiger partial charge in [0.05, 0.1) is 0 Å². The molecular formula is C20H43Cl2NOSiZr. The molecule has 0 amide bonds. The van der Waals surface area contributed by atoms with Crippen LogP contribution in [0.15, 0.2) is 20.0 Å². The van der Waals surface area contributed by atoms with Crippen molar-refractivity contribution in [1.29, 1.82) is 0 Å². The van der Waals surface area contributed by atoms with Gasteiger partial charge in [0, 0.05) is 0 Å². The molecule has 1 unspecified atom stereocenters. The van der Waals surface area contributed by atoms with Crippen LogP contribution < -0.4 is 3.26 Å². The summed E-state index contributed by atoms with van der Waals surface area (Å²) in [6.45, 7) is 23.7. The van der Waals surface area contributed by atoms with Crippen molar-refractivity contribution in [2.45, 2.75) is 82.4 Å². The number of nitrogens with one attached hydrogen (secondary N) is 1. The van der Waals surface area contributed by atoms with Crippen LogP contribution in [0.4, 0.5) is 0 Å². The molecule has 0 saturated heterocycles. The zero-order valence-electron chi connectivity index (χ0n) is 18.9. The first-order valence-electron chi connectivity index (χ1n) is 9.35.